The maximum atomic E-state index is 13.5. The van der Waals surface area contributed by atoms with E-state index in [1.54, 1.807) is 0 Å². The standard InChI is InChI=1S/C43H29NO3S/c45-48(46)26-32-19-18-30(33-24-39(28-10-3-1-4-11-28)44-40(25-33)29-12-5-2-6-13-29)23-38(32)35-21-20-31(22-34(35)27-48)36-15-9-17-42-43(36)37-14-7-8-16-41(37)47-42/h1-25H,26-27H2. The van der Waals surface area contributed by atoms with Crippen LogP contribution in [0.25, 0.3) is 77.8 Å². The Labute approximate surface area is 278 Å². The molecule has 6 aromatic carbocycles. The van der Waals surface area contributed by atoms with Crippen molar-refractivity contribution in [2.24, 2.45) is 0 Å². The van der Waals surface area contributed by atoms with Gasteiger partial charge in [0.15, 0.2) is 9.84 Å². The van der Waals surface area contributed by atoms with Gasteiger partial charge in [-0.15, -0.1) is 0 Å². The molecule has 0 saturated heterocycles. The van der Waals surface area contributed by atoms with E-state index in [0.717, 1.165) is 89.0 Å². The van der Waals surface area contributed by atoms with Crippen molar-refractivity contribution in [2.45, 2.75) is 11.5 Å². The number of para-hydroxylation sites is 1. The van der Waals surface area contributed by atoms with Crippen LogP contribution in [0.2, 0.25) is 0 Å². The normalized spacial score (nSPS) is 13.6. The molecule has 0 amide bonds. The molecule has 0 atom stereocenters. The lowest BCUT2D eigenvalue weighted by Gasteiger charge is -2.15. The monoisotopic (exact) mass is 639 g/mol. The van der Waals surface area contributed by atoms with Crippen LogP contribution in [-0.2, 0) is 21.3 Å². The van der Waals surface area contributed by atoms with Gasteiger partial charge in [-0.3, -0.25) is 0 Å². The quantitative estimate of drug-likeness (QED) is 0.192. The van der Waals surface area contributed by atoms with Crippen LogP contribution >= 0.6 is 0 Å². The zero-order valence-corrected chi connectivity index (χ0v) is 26.7. The molecule has 48 heavy (non-hydrogen) atoms. The third-order valence-corrected chi connectivity index (χ3v) is 10.8. The van der Waals surface area contributed by atoms with Crippen LogP contribution in [0.3, 0.4) is 0 Å². The second-order valence-corrected chi connectivity index (χ2v) is 14.5. The summed E-state index contributed by atoms with van der Waals surface area (Å²) in [7, 11) is -3.40. The SMILES string of the molecule is O=S1(=O)Cc2cc(-c3cccc4oc5ccccc5c34)ccc2-c2cc(-c3cc(-c4ccccc4)nc(-c4ccccc4)c3)ccc2C1. The Hall–Kier alpha value is -5.78. The highest BCUT2D eigenvalue weighted by molar-refractivity contribution is 7.89. The van der Waals surface area contributed by atoms with Crippen LogP contribution in [0.5, 0.6) is 0 Å². The minimum Gasteiger partial charge on any atom is -0.456 e. The van der Waals surface area contributed by atoms with Crippen LogP contribution in [-0.4, -0.2) is 13.4 Å². The molecule has 230 valence electrons. The van der Waals surface area contributed by atoms with Gasteiger partial charge in [0.25, 0.3) is 0 Å². The van der Waals surface area contributed by atoms with E-state index in [4.69, 9.17) is 9.40 Å². The van der Waals surface area contributed by atoms with Crippen molar-refractivity contribution >= 4 is 31.8 Å². The Morgan fingerprint density at radius 1 is 0.458 bits per heavy atom. The molecule has 2 aromatic heterocycles. The van der Waals surface area contributed by atoms with Crippen LogP contribution in [0, 0.1) is 0 Å². The lowest BCUT2D eigenvalue weighted by atomic mass is 9.90. The number of aromatic nitrogens is 1. The number of fused-ring (bicyclic) bond motifs is 6. The van der Waals surface area contributed by atoms with E-state index in [2.05, 4.69) is 72.8 Å². The highest BCUT2D eigenvalue weighted by atomic mass is 32.2. The number of furan rings is 1. The lowest BCUT2D eigenvalue weighted by Crippen LogP contribution is -2.05. The van der Waals surface area contributed by atoms with E-state index < -0.39 is 9.84 Å². The summed E-state index contributed by atoms with van der Waals surface area (Å²) < 4.78 is 33.2. The van der Waals surface area contributed by atoms with Gasteiger partial charge in [-0.25, -0.2) is 13.4 Å². The van der Waals surface area contributed by atoms with Crippen LogP contribution < -0.4 is 0 Å². The maximum Gasteiger partial charge on any atom is 0.158 e. The lowest BCUT2D eigenvalue weighted by molar-refractivity contribution is 0.595. The van der Waals surface area contributed by atoms with Gasteiger partial charge < -0.3 is 4.42 Å². The van der Waals surface area contributed by atoms with E-state index in [1.807, 2.05) is 78.9 Å². The molecular formula is C43H29NO3S. The van der Waals surface area contributed by atoms with Gasteiger partial charge in [0.2, 0.25) is 0 Å². The zero-order chi connectivity index (χ0) is 32.2. The highest BCUT2D eigenvalue weighted by Crippen LogP contribution is 2.42. The number of pyridine rings is 1. The predicted molar refractivity (Wildman–Crippen MR) is 195 cm³/mol. The second-order valence-electron chi connectivity index (χ2n) is 12.4. The van der Waals surface area contributed by atoms with E-state index in [-0.39, 0.29) is 11.5 Å². The molecule has 0 N–H and O–H groups in total. The number of benzene rings is 6. The van der Waals surface area contributed by atoms with Crippen molar-refractivity contribution in [3.8, 4) is 55.9 Å². The summed E-state index contributed by atoms with van der Waals surface area (Å²) in [6, 6.07) is 51.2. The summed E-state index contributed by atoms with van der Waals surface area (Å²) in [6.07, 6.45) is 0. The first-order valence-corrected chi connectivity index (χ1v) is 17.8. The van der Waals surface area contributed by atoms with Crippen molar-refractivity contribution in [2.75, 3.05) is 0 Å². The number of rotatable bonds is 4. The molecule has 8 aromatic rings. The van der Waals surface area contributed by atoms with Crippen LogP contribution in [0.15, 0.2) is 156 Å². The van der Waals surface area contributed by atoms with Crippen molar-refractivity contribution in [3.05, 3.63) is 163 Å². The van der Waals surface area contributed by atoms with E-state index >= 15 is 0 Å². The molecule has 3 heterocycles. The van der Waals surface area contributed by atoms with Crippen molar-refractivity contribution in [3.63, 3.8) is 0 Å². The number of hydrogen-bond donors (Lipinski definition) is 0. The third kappa shape index (κ3) is 5.00. The van der Waals surface area contributed by atoms with Gasteiger partial charge in [0.05, 0.1) is 22.9 Å². The Morgan fingerprint density at radius 3 is 1.85 bits per heavy atom. The molecule has 0 bridgehead atoms. The minimum atomic E-state index is -3.40. The van der Waals surface area contributed by atoms with Crippen molar-refractivity contribution in [1.82, 2.24) is 4.98 Å². The predicted octanol–water partition coefficient (Wildman–Crippen LogP) is 10.7. The molecule has 0 radical (unpaired) electrons. The smallest absolute Gasteiger partial charge is 0.158 e. The van der Waals surface area contributed by atoms with Crippen LogP contribution in [0.4, 0.5) is 0 Å². The average Bonchev–Trinajstić information content (AvgIpc) is 3.46. The van der Waals surface area contributed by atoms with Gasteiger partial charge >= 0.3 is 0 Å². The summed E-state index contributed by atoms with van der Waals surface area (Å²) in [5.41, 5.74) is 13.0. The van der Waals surface area contributed by atoms with Gasteiger partial charge in [-0.05, 0) is 80.9 Å². The summed E-state index contributed by atoms with van der Waals surface area (Å²) >= 11 is 0. The Kier molecular flexibility index (Phi) is 6.63. The average molecular weight is 640 g/mol. The number of hydrogen-bond acceptors (Lipinski definition) is 4. The Bertz CT molecular complexity index is 2570. The van der Waals surface area contributed by atoms with E-state index in [0.29, 0.717) is 0 Å². The van der Waals surface area contributed by atoms with E-state index in [9.17, 15) is 8.42 Å². The summed E-state index contributed by atoms with van der Waals surface area (Å²) in [5, 5.41) is 2.08. The molecule has 0 unspecified atom stereocenters. The fraction of sp³-hybridized carbons (Fsp3) is 0.0465. The van der Waals surface area contributed by atoms with Crippen molar-refractivity contribution < 1.29 is 12.8 Å². The highest BCUT2D eigenvalue weighted by Gasteiger charge is 2.25. The Balaban J connectivity index is 1.21. The van der Waals surface area contributed by atoms with Crippen molar-refractivity contribution in [1.29, 1.82) is 0 Å². The fourth-order valence-corrected chi connectivity index (χ4v) is 8.57. The molecule has 0 fully saturated rings. The molecule has 1 aliphatic rings. The first-order valence-electron chi connectivity index (χ1n) is 16.0. The number of sulfone groups is 1. The first-order chi connectivity index (χ1) is 23.5. The summed E-state index contributed by atoms with van der Waals surface area (Å²) in [4.78, 5) is 5.05. The topological polar surface area (TPSA) is 60.2 Å². The molecular weight excluding hydrogens is 611 g/mol. The van der Waals surface area contributed by atoms with E-state index in [1.165, 1.54) is 0 Å². The van der Waals surface area contributed by atoms with Gasteiger partial charge in [-0.1, -0.05) is 115 Å². The van der Waals surface area contributed by atoms with Gasteiger partial charge in [0.1, 0.15) is 11.2 Å². The molecule has 1 aliphatic heterocycles. The molecule has 4 nitrogen and oxygen atoms in total. The summed E-state index contributed by atoms with van der Waals surface area (Å²) in [5.74, 6) is -0.0245. The summed E-state index contributed by atoms with van der Waals surface area (Å²) in [6.45, 7) is 0. The third-order valence-electron chi connectivity index (χ3n) is 9.27. The molecule has 0 aliphatic carbocycles. The Morgan fingerprint density at radius 2 is 1.10 bits per heavy atom. The number of nitrogens with zero attached hydrogens (tertiary/aromatic N) is 1. The second kappa shape index (κ2) is 11.2. The zero-order valence-electron chi connectivity index (χ0n) is 25.9. The van der Waals surface area contributed by atoms with Crippen LogP contribution in [0.1, 0.15) is 11.1 Å². The first kappa shape index (κ1) is 28.4. The molecule has 0 spiro atoms. The fourth-order valence-electron chi connectivity index (χ4n) is 7.03. The van der Waals surface area contributed by atoms with Gasteiger partial charge in [-0.2, -0.15) is 0 Å². The van der Waals surface area contributed by atoms with Gasteiger partial charge in [0, 0.05) is 21.9 Å². The maximum absolute atomic E-state index is 13.5. The largest absolute Gasteiger partial charge is 0.456 e. The molecule has 5 heteroatoms. The minimum absolute atomic E-state index is 0.00451. The molecule has 0 saturated carbocycles. The molecule has 9 rings (SSSR count).